The molecule has 0 spiro atoms. The van der Waals surface area contributed by atoms with E-state index in [9.17, 15) is 14.4 Å². The number of hydrogen-bond acceptors (Lipinski definition) is 5. The second-order valence-electron chi connectivity index (χ2n) is 9.36. The Morgan fingerprint density at radius 1 is 0.909 bits per heavy atom. The summed E-state index contributed by atoms with van der Waals surface area (Å²) in [6.45, 7) is 0. The molecule has 1 saturated heterocycles. The maximum absolute atomic E-state index is 13.6. The Balaban J connectivity index is 1.34. The number of carbonyl (C=O) groups excluding carboxylic acids is 2. The molecule has 2 bridgehead atoms. The van der Waals surface area contributed by atoms with E-state index in [4.69, 9.17) is 11.6 Å². The Hall–Kier alpha value is -2.35. The van der Waals surface area contributed by atoms with E-state index in [1.807, 2.05) is 54.6 Å². The third-order valence-corrected chi connectivity index (χ3v) is 10.8. The van der Waals surface area contributed by atoms with Crippen LogP contribution >= 0.6 is 34.7 Å². The van der Waals surface area contributed by atoms with Crippen LogP contribution in [0, 0.1) is 29.6 Å². The Labute approximate surface area is 203 Å². The van der Waals surface area contributed by atoms with E-state index in [0.29, 0.717) is 10.7 Å². The van der Waals surface area contributed by atoms with Gasteiger partial charge in [-0.15, -0.1) is 11.8 Å². The number of H-pyrrole nitrogens is 1. The number of rotatable bonds is 2. The van der Waals surface area contributed by atoms with Gasteiger partial charge in [-0.2, -0.15) is 0 Å². The normalized spacial score (nSPS) is 33.8. The van der Waals surface area contributed by atoms with Crippen molar-refractivity contribution >= 4 is 52.2 Å². The predicted octanol–water partition coefficient (Wildman–Crippen LogP) is 4.77. The molecule has 5 nitrogen and oxygen atoms in total. The summed E-state index contributed by atoms with van der Waals surface area (Å²) in [7, 11) is 0. The van der Waals surface area contributed by atoms with Crippen LogP contribution in [0.1, 0.15) is 22.8 Å². The number of nitrogens with zero attached hydrogens (tertiary/aromatic N) is 1. The summed E-state index contributed by atoms with van der Waals surface area (Å²) in [4.78, 5) is 44.9. The van der Waals surface area contributed by atoms with E-state index in [2.05, 4.69) is 4.98 Å². The minimum Gasteiger partial charge on any atom is -0.307 e. The molecule has 3 aromatic rings. The van der Waals surface area contributed by atoms with Gasteiger partial charge in [-0.3, -0.25) is 19.3 Å². The number of hydrogen-bond donors (Lipinski definition) is 1. The molecule has 8 heteroatoms. The van der Waals surface area contributed by atoms with E-state index in [0.717, 1.165) is 21.9 Å². The first-order valence-electron chi connectivity index (χ1n) is 11.1. The Kier molecular flexibility index (Phi) is 4.30. The first-order chi connectivity index (χ1) is 16.0. The van der Waals surface area contributed by atoms with Gasteiger partial charge in [0.15, 0.2) is 0 Å². The van der Waals surface area contributed by atoms with Crippen LogP contribution < -0.4 is 9.77 Å². The van der Waals surface area contributed by atoms with Gasteiger partial charge in [0.25, 0.3) is 0 Å². The molecule has 3 heterocycles. The van der Waals surface area contributed by atoms with E-state index in [1.165, 1.54) is 16.2 Å². The SMILES string of the molecule is O=C1[C@@H]2[C@H]3C[C@@H]([C@@H]2C(=O)N1c1ccccc1)[C@@H]1[C@H](c2ccc(Cl)cc2)c2sc(=O)[nH]c2S[C@H]31. The number of halogens is 1. The highest BCUT2D eigenvalue weighted by molar-refractivity contribution is 8.00. The molecule has 7 rings (SSSR count). The summed E-state index contributed by atoms with van der Waals surface area (Å²) < 4.78 is 0. The second kappa shape index (κ2) is 7.08. The fraction of sp³-hybridized carbons (Fsp3) is 0.320. The van der Waals surface area contributed by atoms with E-state index < -0.39 is 0 Å². The first-order valence-corrected chi connectivity index (χ1v) is 13.2. The van der Waals surface area contributed by atoms with Crippen molar-refractivity contribution in [2.45, 2.75) is 22.6 Å². The molecule has 0 unspecified atom stereocenters. The number of aromatic amines is 1. The number of thioether (sulfide) groups is 1. The fourth-order valence-electron chi connectivity index (χ4n) is 6.89. The van der Waals surface area contributed by atoms with E-state index >= 15 is 0 Å². The zero-order chi connectivity index (χ0) is 22.4. The number of amides is 2. The maximum Gasteiger partial charge on any atom is 0.305 e. The van der Waals surface area contributed by atoms with Crippen LogP contribution in [0.2, 0.25) is 5.02 Å². The van der Waals surface area contributed by atoms with Crippen molar-refractivity contribution in [2.75, 3.05) is 4.90 Å². The van der Waals surface area contributed by atoms with Crippen LogP contribution in [0.25, 0.3) is 0 Å². The largest absolute Gasteiger partial charge is 0.307 e. The molecule has 2 aromatic carbocycles. The van der Waals surface area contributed by atoms with Gasteiger partial charge < -0.3 is 4.98 Å². The average Bonchev–Trinajstić information content (AvgIpc) is 3.54. The van der Waals surface area contributed by atoms with Crippen molar-refractivity contribution < 1.29 is 9.59 Å². The number of para-hydroxylation sites is 1. The Morgan fingerprint density at radius 2 is 1.61 bits per heavy atom. The highest BCUT2D eigenvalue weighted by Gasteiger charge is 2.69. The lowest BCUT2D eigenvalue weighted by Gasteiger charge is -2.43. The van der Waals surface area contributed by atoms with Crippen LogP contribution in [0.5, 0.6) is 0 Å². The minimum atomic E-state index is -0.281. The molecule has 7 atom stereocenters. The predicted molar refractivity (Wildman–Crippen MR) is 129 cm³/mol. The van der Waals surface area contributed by atoms with E-state index in [-0.39, 0.29) is 57.4 Å². The molecular formula is C25H19ClN2O3S2. The lowest BCUT2D eigenvalue weighted by Crippen LogP contribution is -2.42. The smallest absolute Gasteiger partial charge is 0.305 e. The van der Waals surface area contributed by atoms with Crippen LogP contribution in [-0.4, -0.2) is 22.0 Å². The zero-order valence-electron chi connectivity index (χ0n) is 17.3. The van der Waals surface area contributed by atoms with Crippen molar-refractivity contribution in [3.63, 3.8) is 0 Å². The van der Waals surface area contributed by atoms with Gasteiger partial charge in [-0.25, -0.2) is 0 Å². The molecular weight excluding hydrogens is 476 g/mol. The minimum absolute atomic E-state index is 0.0251. The van der Waals surface area contributed by atoms with Gasteiger partial charge in [0.1, 0.15) is 0 Å². The van der Waals surface area contributed by atoms with Crippen molar-refractivity contribution in [3.05, 3.63) is 79.7 Å². The number of benzene rings is 2. The van der Waals surface area contributed by atoms with Crippen LogP contribution in [0.15, 0.2) is 64.4 Å². The Bertz CT molecular complexity index is 1350. The number of carbonyl (C=O) groups is 2. The number of nitrogens with one attached hydrogen (secondary N) is 1. The summed E-state index contributed by atoms with van der Waals surface area (Å²) in [6, 6.07) is 17.1. The second-order valence-corrected chi connectivity index (χ2v) is 12.0. The highest BCUT2D eigenvalue weighted by atomic mass is 35.5. The quantitative estimate of drug-likeness (QED) is 0.521. The molecule has 33 heavy (non-hydrogen) atoms. The third-order valence-electron chi connectivity index (χ3n) is 7.97. The number of anilines is 1. The van der Waals surface area contributed by atoms with Crippen molar-refractivity contribution in [1.29, 1.82) is 0 Å². The monoisotopic (exact) mass is 494 g/mol. The fourth-order valence-corrected chi connectivity index (χ4v) is 9.91. The number of aromatic nitrogens is 1. The lowest BCUT2D eigenvalue weighted by atomic mass is 9.68. The van der Waals surface area contributed by atoms with Crippen molar-refractivity contribution in [3.8, 4) is 0 Å². The van der Waals surface area contributed by atoms with Crippen LogP contribution in [-0.2, 0) is 9.59 Å². The van der Waals surface area contributed by atoms with Crippen molar-refractivity contribution in [1.82, 2.24) is 4.98 Å². The molecule has 2 aliphatic heterocycles. The zero-order valence-corrected chi connectivity index (χ0v) is 19.7. The van der Waals surface area contributed by atoms with Gasteiger partial charge in [0, 0.05) is 21.1 Å². The lowest BCUT2D eigenvalue weighted by molar-refractivity contribution is -0.123. The van der Waals surface area contributed by atoms with Gasteiger partial charge in [0.05, 0.1) is 22.5 Å². The topological polar surface area (TPSA) is 70.2 Å². The summed E-state index contributed by atoms with van der Waals surface area (Å²) in [5.74, 6) is -0.192. The van der Waals surface area contributed by atoms with Gasteiger partial charge in [0.2, 0.25) is 11.8 Å². The van der Waals surface area contributed by atoms with Gasteiger partial charge in [-0.05, 0) is 54.0 Å². The van der Waals surface area contributed by atoms with Gasteiger partial charge in [-0.1, -0.05) is 53.3 Å². The standard InChI is InChI=1S/C25H19ClN2O3S2/c26-12-8-6-11(7-9-12)16-17-14-10-15(20(17)32-22-21(16)33-25(31)27-22)19-18(14)23(29)28(24(19)30)13-4-2-1-3-5-13/h1-9,14-20H,10H2,(H,27,31)/t14-,15-,16+,17-,18+,19-,20-/m1/s1. The van der Waals surface area contributed by atoms with Crippen LogP contribution in [0.3, 0.4) is 0 Å². The first kappa shape index (κ1) is 20.1. The summed E-state index contributed by atoms with van der Waals surface area (Å²) in [5, 5.41) is 1.79. The van der Waals surface area contributed by atoms with E-state index in [1.54, 1.807) is 11.8 Å². The number of imide groups is 1. The molecule has 2 aliphatic carbocycles. The molecule has 2 saturated carbocycles. The Morgan fingerprint density at radius 3 is 2.33 bits per heavy atom. The average molecular weight is 495 g/mol. The van der Waals surface area contributed by atoms with Crippen molar-refractivity contribution in [2.24, 2.45) is 29.6 Å². The number of thiazole rings is 1. The van der Waals surface area contributed by atoms with Gasteiger partial charge >= 0.3 is 4.87 Å². The maximum atomic E-state index is 13.6. The molecule has 1 aromatic heterocycles. The molecule has 1 N–H and O–H groups in total. The summed E-state index contributed by atoms with van der Waals surface area (Å²) in [6.07, 6.45) is 0.890. The highest BCUT2D eigenvalue weighted by Crippen LogP contribution is 2.68. The molecule has 4 aliphatic rings. The molecule has 2 amide bonds. The number of fused-ring (bicyclic) bond motifs is 9. The molecule has 166 valence electrons. The summed E-state index contributed by atoms with van der Waals surface area (Å²) in [5.41, 5.74) is 1.78. The molecule has 3 fully saturated rings. The molecule has 0 radical (unpaired) electrons. The third kappa shape index (κ3) is 2.70. The van der Waals surface area contributed by atoms with Crippen LogP contribution in [0.4, 0.5) is 5.69 Å². The summed E-state index contributed by atoms with van der Waals surface area (Å²) >= 11 is 9.15.